The molecule has 4 nitrogen and oxygen atoms in total. The second-order valence-corrected chi connectivity index (χ2v) is 2.89. The maximum absolute atomic E-state index is 8.61. The van der Waals surface area contributed by atoms with Crippen molar-refractivity contribution in [2.24, 2.45) is 0 Å². The maximum atomic E-state index is 8.61. The number of rotatable bonds is 0. The second kappa shape index (κ2) is 4.26. The SMILES string of the molecule is Cl.N#Cc1cc2n(n1)CCCNC2. The van der Waals surface area contributed by atoms with Gasteiger partial charge in [0.05, 0.1) is 5.69 Å². The summed E-state index contributed by atoms with van der Waals surface area (Å²) in [5.41, 5.74) is 1.64. The maximum Gasteiger partial charge on any atom is 0.162 e. The van der Waals surface area contributed by atoms with Gasteiger partial charge in [0.25, 0.3) is 0 Å². The predicted molar refractivity (Wildman–Crippen MR) is 50.5 cm³/mol. The van der Waals surface area contributed by atoms with E-state index in [1.807, 2.05) is 16.8 Å². The third-order valence-corrected chi connectivity index (χ3v) is 2.01. The average Bonchev–Trinajstić information content (AvgIpc) is 2.37. The second-order valence-electron chi connectivity index (χ2n) is 2.89. The zero-order valence-electron chi connectivity index (χ0n) is 7.16. The van der Waals surface area contributed by atoms with E-state index in [1.165, 1.54) is 0 Å². The van der Waals surface area contributed by atoms with Crippen LogP contribution in [0.1, 0.15) is 17.8 Å². The van der Waals surface area contributed by atoms with Crippen LogP contribution in [0, 0.1) is 11.3 Å². The van der Waals surface area contributed by atoms with Gasteiger partial charge in [0.2, 0.25) is 0 Å². The molecule has 0 fully saturated rings. The highest BCUT2D eigenvalue weighted by Gasteiger charge is 2.09. The van der Waals surface area contributed by atoms with Crippen LogP contribution < -0.4 is 5.32 Å². The number of hydrogen-bond acceptors (Lipinski definition) is 3. The molecule has 13 heavy (non-hydrogen) atoms. The first kappa shape index (κ1) is 10.0. The van der Waals surface area contributed by atoms with Gasteiger partial charge < -0.3 is 5.32 Å². The van der Waals surface area contributed by atoms with Gasteiger partial charge in [-0.2, -0.15) is 10.4 Å². The molecule has 2 rings (SSSR count). The van der Waals surface area contributed by atoms with Gasteiger partial charge in [-0.25, -0.2) is 0 Å². The number of aromatic nitrogens is 2. The van der Waals surface area contributed by atoms with E-state index in [-0.39, 0.29) is 12.4 Å². The smallest absolute Gasteiger partial charge is 0.162 e. The van der Waals surface area contributed by atoms with Gasteiger partial charge in [-0.3, -0.25) is 4.68 Å². The molecule has 0 amide bonds. The zero-order chi connectivity index (χ0) is 8.39. The molecule has 1 aromatic rings. The van der Waals surface area contributed by atoms with Gasteiger partial charge >= 0.3 is 0 Å². The molecule has 1 aliphatic rings. The molecule has 0 unspecified atom stereocenters. The van der Waals surface area contributed by atoms with Crippen molar-refractivity contribution in [1.82, 2.24) is 15.1 Å². The van der Waals surface area contributed by atoms with E-state index < -0.39 is 0 Å². The predicted octanol–water partition coefficient (Wildman–Crippen LogP) is 0.670. The topological polar surface area (TPSA) is 53.6 Å². The summed E-state index contributed by atoms with van der Waals surface area (Å²) in [4.78, 5) is 0. The van der Waals surface area contributed by atoms with Crippen molar-refractivity contribution in [2.75, 3.05) is 6.54 Å². The number of halogens is 1. The molecule has 0 aliphatic carbocycles. The van der Waals surface area contributed by atoms with Gasteiger partial charge in [0.1, 0.15) is 6.07 Å². The molecule has 0 atom stereocenters. The van der Waals surface area contributed by atoms with Gasteiger partial charge in [0, 0.05) is 13.1 Å². The summed E-state index contributed by atoms with van der Waals surface area (Å²) in [7, 11) is 0. The van der Waals surface area contributed by atoms with E-state index in [4.69, 9.17) is 5.26 Å². The quantitative estimate of drug-likeness (QED) is 0.667. The number of hydrogen-bond donors (Lipinski definition) is 1. The molecule has 0 aromatic carbocycles. The normalized spacial score (nSPS) is 15.0. The molecule has 70 valence electrons. The minimum atomic E-state index is 0. The number of nitrogens with zero attached hydrogens (tertiary/aromatic N) is 3. The molecule has 5 heteroatoms. The third-order valence-electron chi connectivity index (χ3n) is 2.01. The Bertz CT molecular complexity index is 302. The van der Waals surface area contributed by atoms with Crippen LogP contribution in [-0.4, -0.2) is 16.3 Å². The number of aryl methyl sites for hydroxylation is 1. The van der Waals surface area contributed by atoms with Crippen molar-refractivity contribution in [3.8, 4) is 6.07 Å². The Morgan fingerprint density at radius 3 is 3.23 bits per heavy atom. The van der Waals surface area contributed by atoms with Crippen LogP contribution in [0.25, 0.3) is 0 Å². The van der Waals surface area contributed by atoms with Crippen molar-refractivity contribution in [3.63, 3.8) is 0 Å². The first-order chi connectivity index (χ1) is 5.90. The van der Waals surface area contributed by atoms with Crippen LogP contribution in [0.3, 0.4) is 0 Å². The molecule has 1 aromatic heterocycles. The Morgan fingerprint density at radius 2 is 2.46 bits per heavy atom. The molecule has 0 saturated heterocycles. The molecule has 0 spiro atoms. The van der Waals surface area contributed by atoms with Crippen molar-refractivity contribution in [3.05, 3.63) is 17.5 Å². The Labute approximate surface area is 83.0 Å². The fourth-order valence-corrected chi connectivity index (χ4v) is 1.42. The van der Waals surface area contributed by atoms with Gasteiger partial charge in [0.15, 0.2) is 5.69 Å². The zero-order valence-corrected chi connectivity index (χ0v) is 7.97. The summed E-state index contributed by atoms with van der Waals surface area (Å²) < 4.78 is 1.92. The third kappa shape index (κ3) is 2.00. The average molecular weight is 199 g/mol. The molecule has 0 bridgehead atoms. The fourth-order valence-electron chi connectivity index (χ4n) is 1.42. The number of nitriles is 1. The highest BCUT2D eigenvalue weighted by Crippen LogP contribution is 2.06. The van der Waals surface area contributed by atoms with Crippen molar-refractivity contribution >= 4 is 12.4 Å². The largest absolute Gasteiger partial charge is 0.311 e. The minimum absolute atomic E-state index is 0. The summed E-state index contributed by atoms with van der Waals surface area (Å²) in [5.74, 6) is 0. The van der Waals surface area contributed by atoms with Crippen LogP contribution in [0.4, 0.5) is 0 Å². The first-order valence-electron chi connectivity index (χ1n) is 4.08. The van der Waals surface area contributed by atoms with E-state index >= 15 is 0 Å². The number of fused-ring (bicyclic) bond motifs is 1. The van der Waals surface area contributed by atoms with E-state index in [9.17, 15) is 0 Å². The molecule has 1 aliphatic heterocycles. The van der Waals surface area contributed by atoms with E-state index in [0.717, 1.165) is 31.7 Å². The van der Waals surface area contributed by atoms with Crippen molar-refractivity contribution in [2.45, 2.75) is 19.5 Å². The van der Waals surface area contributed by atoms with Crippen LogP contribution in [0.15, 0.2) is 6.07 Å². The monoisotopic (exact) mass is 198 g/mol. The molecular formula is C8H11ClN4. The highest BCUT2D eigenvalue weighted by molar-refractivity contribution is 5.85. The van der Waals surface area contributed by atoms with Crippen LogP contribution in [0.5, 0.6) is 0 Å². The summed E-state index contributed by atoms with van der Waals surface area (Å²) >= 11 is 0. The fraction of sp³-hybridized carbons (Fsp3) is 0.500. The summed E-state index contributed by atoms with van der Waals surface area (Å²) in [5, 5.41) is 16.0. The van der Waals surface area contributed by atoms with Crippen LogP contribution in [-0.2, 0) is 13.1 Å². The van der Waals surface area contributed by atoms with Crippen LogP contribution >= 0.6 is 12.4 Å². The lowest BCUT2D eigenvalue weighted by Gasteiger charge is -1.98. The van der Waals surface area contributed by atoms with E-state index in [1.54, 1.807) is 0 Å². The Morgan fingerprint density at radius 1 is 1.62 bits per heavy atom. The number of nitrogens with one attached hydrogen (secondary N) is 1. The molecule has 1 N–H and O–H groups in total. The first-order valence-corrected chi connectivity index (χ1v) is 4.08. The molecule has 0 saturated carbocycles. The lowest BCUT2D eigenvalue weighted by molar-refractivity contribution is 0.586. The van der Waals surface area contributed by atoms with Gasteiger partial charge in [-0.15, -0.1) is 12.4 Å². The van der Waals surface area contributed by atoms with Crippen molar-refractivity contribution in [1.29, 1.82) is 5.26 Å². The summed E-state index contributed by atoms with van der Waals surface area (Å²) in [6, 6.07) is 3.89. The van der Waals surface area contributed by atoms with Crippen LogP contribution in [0.2, 0.25) is 0 Å². The molecule has 2 heterocycles. The van der Waals surface area contributed by atoms with E-state index in [2.05, 4.69) is 10.4 Å². The van der Waals surface area contributed by atoms with Gasteiger partial charge in [-0.05, 0) is 19.0 Å². The van der Waals surface area contributed by atoms with Gasteiger partial charge in [-0.1, -0.05) is 0 Å². The Balaban J connectivity index is 0.000000845. The van der Waals surface area contributed by atoms with E-state index in [0.29, 0.717) is 5.69 Å². The Hall–Kier alpha value is -1.05. The summed E-state index contributed by atoms with van der Waals surface area (Å²) in [6.07, 6.45) is 1.08. The summed E-state index contributed by atoms with van der Waals surface area (Å²) in [6.45, 7) is 2.78. The standard InChI is InChI=1S/C8H10N4.ClH/c9-5-7-4-8-6-10-2-1-3-12(8)11-7;/h4,10H,1-3,6H2;1H. The minimum Gasteiger partial charge on any atom is -0.311 e. The molecular weight excluding hydrogens is 188 g/mol. The highest BCUT2D eigenvalue weighted by atomic mass is 35.5. The lowest BCUT2D eigenvalue weighted by atomic mass is 10.3. The lowest BCUT2D eigenvalue weighted by Crippen LogP contribution is -2.11. The van der Waals surface area contributed by atoms with Crippen molar-refractivity contribution < 1.29 is 0 Å². The Kier molecular flexibility index (Phi) is 3.29. The molecule has 0 radical (unpaired) electrons.